The van der Waals surface area contributed by atoms with Crippen LogP contribution in [-0.2, 0) is 23.9 Å². The highest BCUT2D eigenvalue weighted by Gasteiger charge is 2.32. The largest absolute Gasteiger partial charge is 0.491 e. The number of nitrogens with zero attached hydrogens (tertiary/aromatic N) is 3. The Morgan fingerprint density at radius 3 is 2.21 bits per heavy atom. The van der Waals surface area contributed by atoms with E-state index in [1.54, 1.807) is 41.6 Å². The molecule has 3 heterocycles. The summed E-state index contributed by atoms with van der Waals surface area (Å²) in [5, 5.41) is 0. The van der Waals surface area contributed by atoms with E-state index in [4.69, 9.17) is 14.2 Å². The van der Waals surface area contributed by atoms with Gasteiger partial charge in [0.25, 0.3) is 0 Å². The fourth-order valence-electron chi connectivity index (χ4n) is 6.67. The summed E-state index contributed by atoms with van der Waals surface area (Å²) < 4.78 is 28.9. The number of ether oxygens (including phenoxy) is 3. The summed E-state index contributed by atoms with van der Waals surface area (Å²) in [6, 6.07) is 8.90. The standard InChI is InChI=1S/C42H56FN3O7/c1-41(2,3)52-39(49)26-34(35-24-32(27-44-28-35)10-9-30-11-14-36(15-12-30)51-23-19-43)25-37(47)33-8-7-20-46(29-33)38(48)16-13-31-17-21-45(22-18-31)40(50)53-42(4,5)6/h11-12,14-15,24,27-28,31,33-34H,7-8,13,16-23,25-26,29H2,1-6H3/t33-,34+/m1/s1/i43-1. The van der Waals surface area contributed by atoms with Gasteiger partial charge in [-0.1, -0.05) is 11.8 Å². The predicted octanol–water partition coefficient (Wildman–Crippen LogP) is 7.27. The minimum Gasteiger partial charge on any atom is -0.491 e. The molecule has 2 amide bonds. The highest BCUT2D eigenvalue weighted by atomic mass is 18.2. The molecule has 2 fully saturated rings. The number of esters is 1. The maximum absolute atomic E-state index is 13.9. The first-order valence-electron chi connectivity index (χ1n) is 18.8. The molecule has 53 heavy (non-hydrogen) atoms. The van der Waals surface area contributed by atoms with Crippen molar-refractivity contribution in [2.24, 2.45) is 11.8 Å². The third kappa shape index (κ3) is 14.1. The van der Waals surface area contributed by atoms with Crippen molar-refractivity contribution in [2.45, 2.75) is 110 Å². The zero-order chi connectivity index (χ0) is 38.6. The molecule has 0 saturated carbocycles. The monoisotopic (exact) mass is 732 g/mol. The first kappa shape index (κ1) is 41.3. The van der Waals surface area contributed by atoms with Crippen LogP contribution in [0.2, 0.25) is 0 Å². The lowest BCUT2D eigenvalue weighted by atomic mass is 9.84. The molecule has 1 aromatic carbocycles. The highest BCUT2D eigenvalue weighted by Crippen LogP contribution is 2.30. The number of carbonyl (C=O) groups is 4. The van der Waals surface area contributed by atoms with Gasteiger partial charge in [-0.3, -0.25) is 19.4 Å². The van der Waals surface area contributed by atoms with E-state index in [9.17, 15) is 23.6 Å². The van der Waals surface area contributed by atoms with Gasteiger partial charge in [0.15, 0.2) is 0 Å². The molecule has 0 radical (unpaired) electrons. The molecule has 0 unspecified atom stereocenters. The normalized spacial score (nSPS) is 17.3. The lowest BCUT2D eigenvalue weighted by Crippen LogP contribution is -2.43. The average molecular weight is 733 g/mol. The molecule has 0 aliphatic carbocycles. The summed E-state index contributed by atoms with van der Waals surface area (Å²) in [5.41, 5.74) is 0.876. The smallest absolute Gasteiger partial charge is 0.410 e. The zero-order valence-corrected chi connectivity index (χ0v) is 32.3. The van der Waals surface area contributed by atoms with E-state index in [1.807, 2.05) is 52.5 Å². The highest BCUT2D eigenvalue weighted by molar-refractivity contribution is 5.84. The van der Waals surface area contributed by atoms with E-state index in [0.29, 0.717) is 61.8 Å². The Bertz CT molecular complexity index is 1610. The number of Topliss-reactive ketones (excluding diaryl/α,β-unsaturated/α-hetero) is 1. The molecule has 10 nitrogen and oxygen atoms in total. The topological polar surface area (TPSA) is 115 Å². The van der Waals surface area contributed by atoms with Gasteiger partial charge in [0.05, 0.1) is 6.42 Å². The van der Waals surface area contributed by atoms with E-state index >= 15 is 0 Å². The van der Waals surface area contributed by atoms with E-state index in [-0.39, 0.29) is 43.2 Å². The van der Waals surface area contributed by atoms with E-state index in [2.05, 4.69) is 16.8 Å². The summed E-state index contributed by atoms with van der Waals surface area (Å²) in [5.74, 6) is 6.00. The fraction of sp³-hybridized carbons (Fsp3) is 0.595. The first-order chi connectivity index (χ1) is 25.1. The van der Waals surface area contributed by atoms with Crippen LogP contribution in [0.1, 0.15) is 116 Å². The van der Waals surface area contributed by atoms with Crippen molar-refractivity contribution in [1.29, 1.82) is 0 Å². The maximum atomic E-state index is 13.9. The van der Waals surface area contributed by atoms with Gasteiger partial charge in [0.1, 0.15) is 36.0 Å². The molecular weight excluding hydrogens is 676 g/mol. The molecule has 2 aromatic rings. The van der Waals surface area contributed by atoms with Crippen molar-refractivity contribution in [3.05, 3.63) is 59.4 Å². The molecule has 1 aromatic heterocycles. The molecule has 288 valence electrons. The van der Waals surface area contributed by atoms with Gasteiger partial charge in [0.2, 0.25) is 5.91 Å². The average Bonchev–Trinajstić information content (AvgIpc) is 3.11. The van der Waals surface area contributed by atoms with Crippen LogP contribution >= 0.6 is 0 Å². The van der Waals surface area contributed by atoms with Crippen molar-refractivity contribution >= 4 is 23.8 Å². The van der Waals surface area contributed by atoms with Crippen LogP contribution < -0.4 is 4.74 Å². The van der Waals surface area contributed by atoms with Crippen LogP contribution in [0.25, 0.3) is 0 Å². The minimum atomic E-state index is -0.678. The molecule has 4 rings (SSSR count). The van der Waals surface area contributed by atoms with Gasteiger partial charge < -0.3 is 24.0 Å². The number of carbonyl (C=O) groups excluding carboxylic acids is 4. The fourth-order valence-corrected chi connectivity index (χ4v) is 6.67. The number of ketones is 1. The van der Waals surface area contributed by atoms with Crippen LogP contribution in [0.5, 0.6) is 5.75 Å². The molecule has 11 heteroatoms. The van der Waals surface area contributed by atoms with Gasteiger partial charge in [-0.2, -0.15) is 0 Å². The molecule has 2 aliphatic rings. The van der Waals surface area contributed by atoms with Gasteiger partial charge in [-0.25, -0.2) is 9.18 Å². The Balaban J connectivity index is 1.36. The second-order valence-electron chi connectivity index (χ2n) is 16.1. The number of alkyl halides is 1. The molecule has 2 aliphatic heterocycles. The Morgan fingerprint density at radius 2 is 1.55 bits per heavy atom. The number of pyridine rings is 1. The van der Waals surface area contributed by atoms with Crippen molar-refractivity contribution in [3.8, 4) is 17.6 Å². The summed E-state index contributed by atoms with van der Waals surface area (Å²) >= 11 is 0. The number of piperidine rings is 2. The van der Waals surface area contributed by atoms with Crippen LogP contribution in [0.4, 0.5) is 9.18 Å². The van der Waals surface area contributed by atoms with Gasteiger partial charge in [-0.15, -0.1) is 0 Å². The van der Waals surface area contributed by atoms with Gasteiger partial charge in [-0.05, 0) is 115 Å². The number of hydrogen-bond donors (Lipinski definition) is 0. The van der Waals surface area contributed by atoms with Gasteiger partial charge >= 0.3 is 12.1 Å². The van der Waals surface area contributed by atoms with Crippen molar-refractivity contribution in [1.82, 2.24) is 14.8 Å². The number of rotatable bonds is 12. The second-order valence-corrected chi connectivity index (χ2v) is 16.1. The Morgan fingerprint density at radius 1 is 0.868 bits per heavy atom. The summed E-state index contributed by atoms with van der Waals surface area (Å²) in [4.78, 5) is 60.7. The minimum absolute atomic E-state index is 0.00399. The number of halogens is 1. The Hall–Kier alpha value is -4.46. The van der Waals surface area contributed by atoms with E-state index in [0.717, 1.165) is 31.2 Å². The van der Waals surface area contributed by atoms with Crippen LogP contribution in [0.15, 0.2) is 42.7 Å². The molecular formula is C42H56FN3O7. The van der Waals surface area contributed by atoms with Crippen LogP contribution in [0.3, 0.4) is 0 Å². The molecule has 2 atom stereocenters. The van der Waals surface area contributed by atoms with Crippen molar-refractivity contribution in [2.75, 3.05) is 39.5 Å². The second kappa shape index (κ2) is 19.0. The third-order valence-corrected chi connectivity index (χ3v) is 9.32. The van der Waals surface area contributed by atoms with Crippen LogP contribution in [0, 0.1) is 23.7 Å². The summed E-state index contributed by atoms with van der Waals surface area (Å²) in [6.07, 6.45) is 7.38. The Labute approximate surface area is 314 Å². The molecule has 0 bridgehead atoms. The summed E-state index contributed by atoms with van der Waals surface area (Å²) in [6.45, 7) is 12.7. The third-order valence-electron chi connectivity index (χ3n) is 9.32. The maximum Gasteiger partial charge on any atom is 0.410 e. The number of hydrogen-bond acceptors (Lipinski definition) is 8. The zero-order valence-electron chi connectivity index (χ0n) is 32.3. The molecule has 2 saturated heterocycles. The molecule has 0 N–H and O–H groups in total. The summed E-state index contributed by atoms with van der Waals surface area (Å²) in [7, 11) is 0. The SMILES string of the molecule is CC(C)(C)OC(=O)C[C@H](CC(=O)[C@@H]1CCCN(C(=O)CCC2CCN(C(=O)OC(C)(C)C)CC2)C1)c1cncc(C#Cc2ccc(OCC[18F])cc2)c1. The number of likely N-dealkylation sites (tertiary alicyclic amines) is 2. The first-order valence-corrected chi connectivity index (χ1v) is 18.8. The van der Waals surface area contributed by atoms with Crippen LogP contribution in [-0.4, -0.2) is 89.2 Å². The Kier molecular flexibility index (Phi) is 14.8. The number of benzene rings is 1. The lowest BCUT2D eigenvalue weighted by Gasteiger charge is -2.35. The molecule has 0 spiro atoms. The van der Waals surface area contributed by atoms with Gasteiger partial charge in [0, 0.05) is 74.4 Å². The van der Waals surface area contributed by atoms with Crippen molar-refractivity contribution < 1.29 is 37.8 Å². The van der Waals surface area contributed by atoms with Crippen molar-refractivity contribution in [3.63, 3.8) is 0 Å². The predicted molar refractivity (Wildman–Crippen MR) is 200 cm³/mol. The quantitative estimate of drug-likeness (QED) is 0.165. The number of aromatic nitrogens is 1. The van der Waals surface area contributed by atoms with E-state index < -0.39 is 29.8 Å². The van der Waals surface area contributed by atoms with E-state index in [1.165, 1.54) is 0 Å². The number of amides is 2. The lowest BCUT2D eigenvalue weighted by molar-refractivity contribution is -0.155.